The van der Waals surface area contributed by atoms with Crippen LogP contribution in [0, 0.1) is 11.6 Å². The third kappa shape index (κ3) is 6.76. The Labute approximate surface area is 134 Å². The maximum atomic E-state index is 13.5. The maximum Gasteiger partial charge on any atom is 0.326 e. The van der Waals surface area contributed by atoms with E-state index >= 15 is 0 Å². The smallest absolute Gasteiger partial charge is 0.326 e. The minimum absolute atomic E-state index is 0.288. The van der Waals surface area contributed by atoms with Gasteiger partial charge >= 0.3 is 5.97 Å². The van der Waals surface area contributed by atoms with Gasteiger partial charge in [-0.3, -0.25) is 4.79 Å². The molecule has 1 aromatic carbocycles. The van der Waals surface area contributed by atoms with Crippen molar-refractivity contribution in [3.63, 3.8) is 0 Å². The van der Waals surface area contributed by atoms with Crippen molar-refractivity contribution in [3.8, 4) is 0 Å². The van der Waals surface area contributed by atoms with Crippen molar-refractivity contribution in [2.75, 3.05) is 0 Å². The van der Waals surface area contributed by atoms with Crippen LogP contribution in [-0.2, 0) is 4.79 Å². The van der Waals surface area contributed by atoms with Gasteiger partial charge in [-0.25, -0.2) is 13.6 Å². The molecule has 0 aliphatic heterocycles. The molecule has 2 N–H and O–H groups in total. The highest BCUT2D eigenvalue weighted by molar-refractivity contribution is 5.96. The van der Waals surface area contributed by atoms with Crippen molar-refractivity contribution < 1.29 is 23.5 Å². The number of nitrogens with one attached hydrogen (secondary N) is 1. The second kappa shape index (κ2) is 9.92. The Morgan fingerprint density at radius 2 is 1.78 bits per heavy atom. The van der Waals surface area contributed by atoms with Gasteiger partial charge in [-0.2, -0.15) is 0 Å². The average Bonchev–Trinajstić information content (AvgIpc) is 2.49. The van der Waals surface area contributed by atoms with E-state index < -0.39 is 29.6 Å². The SMILES string of the molecule is CCCCCCCC[C@@H](NC(=O)c1ccc(F)cc1F)C(=O)O. The lowest BCUT2D eigenvalue weighted by molar-refractivity contribution is -0.139. The summed E-state index contributed by atoms with van der Waals surface area (Å²) in [4.78, 5) is 23.1. The fourth-order valence-corrected chi connectivity index (χ4v) is 2.30. The lowest BCUT2D eigenvalue weighted by Gasteiger charge is -2.14. The molecule has 0 radical (unpaired) electrons. The summed E-state index contributed by atoms with van der Waals surface area (Å²) in [7, 11) is 0. The van der Waals surface area contributed by atoms with Crippen LogP contribution < -0.4 is 5.32 Å². The summed E-state index contributed by atoms with van der Waals surface area (Å²) in [6.45, 7) is 2.12. The van der Waals surface area contributed by atoms with Crippen LogP contribution in [0.4, 0.5) is 8.78 Å². The van der Waals surface area contributed by atoms with E-state index in [1.54, 1.807) is 0 Å². The van der Waals surface area contributed by atoms with E-state index in [0.717, 1.165) is 44.2 Å². The fraction of sp³-hybridized carbons (Fsp3) is 0.529. The number of carbonyl (C=O) groups is 2. The summed E-state index contributed by atoms with van der Waals surface area (Å²) >= 11 is 0. The zero-order valence-electron chi connectivity index (χ0n) is 13.3. The molecule has 23 heavy (non-hydrogen) atoms. The van der Waals surface area contributed by atoms with E-state index in [2.05, 4.69) is 12.2 Å². The van der Waals surface area contributed by atoms with Crippen molar-refractivity contribution in [1.29, 1.82) is 0 Å². The Bertz CT molecular complexity index is 535. The summed E-state index contributed by atoms with van der Waals surface area (Å²) in [6.07, 6.45) is 6.29. The number of aliphatic carboxylic acids is 1. The molecular weight excluding hydrogens is 304 g/mol. The molecule has 1 atom stereocenters. The predicted octanol–water partition coefficient (Wildman–Crippen LogP) is 3.90. The first-order valence-electron chi connectivity index (χ1n) is 7.94. The Balaban J connectivity index is 2.51. The predicted molar refractivity (Wildman–Crippen MR) is 83.2 cm³/mol. The lowest BCUT2D eigenvalue weighted by atomic mass is 10.1. The highest BCUT2D eigenvalue weighted by atomic mass is 19.1. The molecule has 0 bridgehead atoms. The topological polar surface area (TPSA) is 66.4 Å². The molecule has 1 amide bonds. The van der Waals surface area contributed by atoms with Gasteiger partial charge in [0.2, 0.25) is 0 Å². The quantitative estimate of drug-likeness (QED) is 0.641. The molecule has 0 spiro atoms. The van der Waals surface area contributed by atoms with Crippen LogP contribution in [0.1, 0.15) is 62.2 Å². The lowest BCUT2D eigenvalue weighted by Crippen LogP contribution is -2.41. The largest absolute Gasteiger partial charge is 0.480 e. The Hall–Kier alpha value is -1.98. The number of hydrogen-bond donors (Lipinski definition) is 2. The molecule has 4 nitrogen and oxygen atoms in total. The van der Waals surface area contributed by atoms with E-state index in [9.17, 15) is 18.4 Å². The Kier molecular flexibility index (Phi) is 8.22. The van der Waals surface area contributed by atoms with Gasteiger partial charge in [-0.15, -0.1) is 0 Å². The van der Waals surface area contributed by atoms with Gasteiger partial charge in [0.05, 0.1) is 5.56 Å². The van der Waals surface area contributed by atoms with Crippen molar-refractivity contribution in [2.45, 2.75) is 57.9 Å². The van der Waals surface area contributed by atoms with Crippen molar-refractivity contribution in [1.82, 2.24) is 5.32 Å². The molecule has 0 aromatic heterocycles. The first-order valence-corrected chi connectivity index (χ1v) is 7.94. The number of hydrogen-bond acceptors (Lipinski definition) is 2. The van der Waals surface area contributed by atoms with E-state index in [0.29, 0.717) is 12.5 Å². The van der Waals surface area contributed by atoms with Gasteiger partial charge in [0.25, 0.3) is 5.91 Å². The van der Waals surface area contributed by atoms with Gasteiger partial charge in [-0.1, -0.05) is 45.4 Å². The summed E-state index contributed by atoms with van der Waals surface area (Å²) in [5.74, 6) is -3.80. The first kappa shape index (κ1) is 19.1. The molecule has 1 aromatic rings. The van der Waals surface area contributed by atoms with Gasteiger partial charge < -0.3 is 10.4 Å². The van der Waals surface area contributed by atoms with Crippen LogP contribution in [0.15, 0.2) is 18.2 Å². The van der Waals surface area contributed by atoms with Gasteiger partial charge in [0.1, 0.15) is 17.7 Å². The molecule has 0 unspecified atom stereocenters. The van der Waals surface area contributed by atoms with Crippen molar-refractivity contribution in [3.05, 3.63) is 35.4 Å². The molecule has 128 valence electrons. The molecule has 1 rings (SSSR count). The molecular formula is C17H23F2NO3. The number of carbonyl (C=O) groups excluding carboxylic acids is 1. The molecule has 0 heterocycles. The highest BCUT2D eigenvalue weighted by Crippen LogP contribution is 2.12. The Morgan fingerprint density at radius 3 is 2.39 bits per heavy atom. The summed E-state index contributed by atoms with van der Waals surface area (Å²) in [5.41, 5.74) is -0.361. The minimum atomic E-state index is -1.16. The zero-order chi connectivity index (χ0) is 17.2. The van der Waals surface area contributed by atoms with E-state index in [1.807, 2.05) is 0 Å². The highest BCUT2D eigenvalue weighted by Gasteiger charge is 2.22. The average molecular weight is 327 g/mol. The molecule has 0 saturated carbocycles. The number of rotatable bonds is 10. The minimum Gasteiger partial charge on any atom is -0.480 e. The van der Waals surface area contributed by atoms with Crippen LogP contribution in [-0.4, -0.2) is 23.0 Å². The van der Waals surface area contributed by atoms with Gasteiger partial charge in [0, 0.05) is 6.07 Å². The van der Waals surface area contributed by atoms with E-state index in [1.165, 1.54) is 0 Å². The third-order valence-corrected chi connectivity index (χ3v) is 3.63. The van der Waals surface area contributed by atoms with Crippen LogP contribution >= 0.6 is 0 Å². The van der Waals surface area contributed by atoms with E-state index in [-0.39, 0.29) is 12.0 Å². The summed E-state index contributed by atoms with van der Waals surface area (Å²) < 4.78 is 26.4. The first-order chi connectivity index (χ1) is 11.0. The normalized spacial score (nSPS) is 12.0. The number of carboxylic acid groups (broad SMARTS) is 1. The second-order valence-electron chi connectivity index (χ2n) is 5.54. The number of benzene rings is 1. The Morgan fingerprint density at radius 1 is 1.13 bits per heavy atom. The second-order valence-corrected chi connectivity index (χ2v) is 5.54. The fourth-order valence-electron chi connectivity index (χ4n) is 2.30. The molecule has 0 aliphatic rings. The van der Waals surface area contributed by atoms with Crippen LogP contribution in [0.5, 0.6) is 0 Å². The molecule has 6 heteroatoms. The van der Waals surface area contributed by atoms with Gasteiger partial charge in [-0.05, 0) is 18.6 Å². The number of amides is 1. The summed E-state index contributed by atoms with van der Waals surface area (Å²) in [6, 6.07) is 1.49. The molecule has 0 saturated heterocycles. The molecule has 0 aliphatic carbocycles. The molecule has 0 fully saturated rings. The van der Waals surface area contributed by atoms with Crippen LogP contribution in [0.2, 0.25) is 0 Å². The standard InChI is InChI=1S/C17H23F2NO3/c1-2-3-4-5-6-7-8-15(17(22)23)20-16(21)13-10-9-12(18)11-14(13)19/h9-11,15H,2-8H2,1H3,(H,20,21)(H,22,23)/t15-/m1/s1. The van der Waals surface area contributed by atoms with E-state index in [4.69, 9.17) is 5.11 Å². The number of halogens is 2. The monoisotopic (exact) mass is 327 g/mol. The maximum absolute atomic E-state index is 13.5. The van der Waals surface area contributed by atoms with Crippen molar-refractivity contribution >= 4 is 11.9 Å². The number of unbranched alkanes of at least 4 members (excludes halogenated alkanes) is 5. The summed E-state index contributed by atoms with van der Waals surface area (Å²) in [5, 5.41) is 11.4. The van der Waals surface area contributed by atoms with Crippen LogP contribution in [0.3, 0.4) is 0 Å². The van der Waals surface area contributed by atoms with Crippen LogP contribution in [0.25, 0.3) is 0 Å². The third-order valence-electron chi connectivity index (χ3n) is 3.63. The zero-order valence-corrected chi connectivity index (χ0v) is 13.3. The number of carboxylic acids is 1. The van der Waals surface area contributed by atoms with Gasteiger partial charge in [0.15, 0.2) is 0 Å². The van der Waals surface area contributed by atoms with Crippen molar-refractivity contribution in [2.24, 2.45) is 0 Å².